The summed E-state index contributed by atoms with van der Waals surface area (Å²) in [4.78, 5) is 24.7. The van der Waals surface area contributed by atoms with E-state index in [4.69, 9.17) is 15.1 Å². The number of aryl methyl sites for hydroxylation is 1. The Morgan fingerprint density at radius 2 is 1.97 bits per heavy atom. The summed E-state index contributed by atoms with van der Waals surface area (Å²) in [5, 5.41) is 17.7. The quantitative estimate of drug-likeness (QED) is 0.281. The van der Waals surface area contributed by atoms with Gasteiger partial charge in [-0.25, -0.2) is 18.7 Å². The van der Waals surface area contributed by atoms with Gasteiger partial charge in [0, 0.05) is 48.4 Å². The summed E-state index contributed by atoms with van der Waals surface area (Å²) in [6.45, 7) is 1.35. The predicted molar refractivity (Wildman–Crippen MR) is 120 cm³/mol. The summed E-state index contributed by atoms with van der Waals surface area (Å²) in [6, 6.07) is 7.10. The lowest BCUT2D eigenvalue weighted by Crippen LogP contribution is -2.49. The standard InChI is InChI=1S/C22H25N3O7S/c1-22(20(27)23-29,33(2,30)31)9-10-24-15-18-13-17(14-25(18)21(24)28)4-3-16-5-7-19(8-6-16)32-12-11-26/h5-8,14-15,26,29H,9-13H2,1-2H3,(H,23,27)/t22-/m1/s1. The Morgan fingerprint density at radius 1 is 1.27 bits per heavy atom. The fourth-order valence-corrected chi connectivity index (χ4v) is 4.18. The lowest BCUT2D eigenvalue weighted by atomic mass is 10.1. The molecule has 1 amide bonds. The molecule has 0 saturated heterocycles. The van der Waals surface area contributed by atoms with Crippen LogP contribution in [0.2, 0.25) is 0 Å². The molecule has 0 aliphatic carbocycles. The van der Waals surface area contributed by atoms with E-state index < -0.39 is 20.5 Å². The second-order valence-electron chi connectivity index (χ2n) is 7.84. The van der Waals surface area contributed by atoms with Crippen molar-refractivity contribution < 1.29 is 28.3 Å². The molecule has 1 aliphatic rings. The third-order valence-electron chi connectivity index (χ3n) is 5.53. The van der Waals surface area contributed by atoms with Gasteiger partial charge < -0.3 is 9.84 Å². The van der Waals surface area contributed by atoms with Crippen LogP contribution in [0.5, 0.6) is 5.75 Å². The second-order valence-corrected chi connectivity index (χ2v) is 10.3. The van der Waals surface area contributed by atoms with Gasteiger partial charge in [-0.15, -0.1) is 0 Å². The van der Waals surface area contributed by atoms with Crippen molar-refractivity contribution in [3.63, 3.8) is 0 Å². The van der Waals surface area contributed by atoms with Gasteiger partial charge in [-0.05, 0) is 37.6 Å². The number of amides is 1. The molecule has 0 spiro atoms. The number of sulfone groups is 1. The number of hydroxylamine groups is 1. The van der Waals surface area contributed by atoms with Gasteiger partial charge in [-0.2, -0.15) is 0 Å². The Hall–Kier alpha value is -3.33. The molecule has 33 heavy (non-hydrogen) atoms. The Kier molecular flexibility index (Phi) is 7.12. The lowest BCUT2D eigenvalue weighted by molar-refractivity contribution is -0.131. The summed E-state index contributed by atoms with van der Waals surface area (Å²) in [6.07, 6.45) is 4.41. The molecule has 1 atom stereocenters. The maximum Gasteiger partial charge on any atom is 0.332 e. The van der Waals surface area contributed by atoms with Crippen molar-refractivity contribution in [2.24, 2.45) is 0 Å². The molecule has 0 radical (unpaired) electrons. The first kappa shape index (κ1) is 24.3. The number of carbonyl (C=O) groups excluding carboxylic acids is 1. The molecule has 3 rings (SSSR count). The van der Waals surface area contributed by atoms with E-state index in [-0.39, 0.29) is 31.9 Å². The molecule has 2 heterocycles. The fraction of sp³-hybridized carbons (Fsp3) is 0.364. The van der Waals surface area contributed by atoms with Crippen molar-refractivity contribution in [1.29, 1.82) is 0 Å². The number of benzene rings is 1. The predicted octanol–water partition coefficient (Wildman–Crippen LogP) is 0.168. The van der Waals surface area contributed by atoms with Gasteiger partial charge in [-0.1, -0.05) is 11.8 Å². The average Bonchev–Trinajstić information content (AvgIpc) is 3.32. The molecule has 0 bridgehead atoms. The average molecular weight is 476 g/mol. The molecule has 0 fully saturated rings. The first-order valence-corrected chi connectivity index (χ1v) is 12.0. The minimum atomic E-state index is -3.85. The van der Waals surface area contributed by atoms with Crippen molar-refractivity contribution in [1.82, 2.24) is 14.6 Å². The Bertz CT molecular complexity index is 1290. The van der Waals surface area contributed by atoms with Crippen LogP contribution in [-0.4, -0.2) is 58.0 Å². The van der Waals surface area contributed by atoms with E-state index in [0.717, 1.165) is 17.4 Å². The third-order valence-corrected chi connectivity index (χ3v) is 7.56. The monoisotopic (exact) mass is 475 g/mol. The fourth-order valence-electron chi connectivity index (χ4n) is 3.33. The van der Waals surface area contributed by atoms with E-state index in [1.54, 1.807) is 36.7 Å². The minimum Gasteiger partial charge on any atom is -0.491 e. The number of hydrogen-bond acceptors (Lipinski definition) is 7. The van der Waals surface area contributed by atoms with Crippen LogP contribution in [0.25, 0.3) is 6.20 Å². The summed E-state index contributed by atoms with van der Waals surface area (Å²) >= 11 is 0. The summed E-state index contributed by atoms with van der Waals surface area (Å²) in [7, 11) is -3.85. The molecule has 2 aromatic rings. The number of nitrogens with zero attached hydrogens (tertiary/aromatic N) is 2. The molecule has 10 nitrogen and oxygen atoms in total. The zero-order valence-electron chi connectivity index (χ0n) is 18.2. The van der Waals surface area contributed by atoms with Crippen LogP contribution in [0.1, 0.15) is 24.6 Å². The van der Waals surface area contributed by atoms with E-state index in [1.165, 1.54) is 21.5 Å². The van der Waals surface area contributed by atoms with Gasteiger partial charge in [0.25, 0.3) is 5.91 Å². The SMILES string of the molecule is C[C@@](CCn1cc2n(c1=O)C=C(C#Cc1ccc(OCCO)cc1)C2)(C(=O)NO)S(C)(=O)=O. The van der Waals surface area contributed by atoms with Crippen molar-refractivity contribution in [3.05, 3.63) is 57.8 Å². The molecule has 3 N–H and O–H groups in total. The zero-order chi connectivity index (χ0) is 24.2. The highest BCUT2D eigenvalue weighted by atomic mass is 32.2. The highest BCUT2D eigenvalue weighted by molar-refractivity contribution is 7.92. The smallest absolute Gasteiger partial charge is 0.332 e. The van der Waals surface area contributed by atoms with Gasteiger partial charge in [0.15, 0.2) is 14.6 Å². The minimum absolute atomic E-state index is 0.0185. The molecule has 1 aliphatic heterocycles. The van der Waals surface area contributed by atoms with E-state index in [2.05, 4.69) is 11.8 Å². The second kappa shape index (κ2) is 9.66. The van der Waals surface area contributed by atoms with Crippen LogP contribution in [0.15, 0.2) is 40.8 Å². The van der Waals surface area contributed by atoms with Crippen LogP contribution >= 0.6 is 0 Å². The third kappa shape index (κ3) is 5.19. The number of carbonyl (C=O) groups is 1. The van der Waals surface area contributed by atoms with Crippen LogP contribution in [-0.2, 0) is 27.6 Å². The van der Waals surface area contributed by atoms with Crippen molar-refractivity contribution in [3.8, 4) is 17.6 Å². The number of fused-ring (bicyclic) bond motifs is 1. The van der Waals surface area contributed by atoms with E-state index in [9.17, 15) is 18.0 Å². The lowest BCUT2D eigenvalue weighted by Gasteiger charge is -2.24. The van der Waals surface area contributed by atoms with Gasteiger partial charge >= 0.3 is 5.69 Å². The van der Waals surface area contributed by atoms with Crippen molar-refractivity contribution >= 4 is 21.9 Å². The van der Waals surface area contributed by atoms with E-state index in [0.29, 0.717) is 17.9 Å². The first-order valence-electron chi connectivity index (χ1n) is 10.1. The number of rotatable bonds is 8. The van der Waals surface area contributed by atoms with E-state index in [1.807, 2.05) is 0 Å². The molecule has 0 saturated carbocycles. The van der Waals surface area contributed by atoms with Gasteiger partial charge in [-0.3, -0.25) is 19.1 Å². The summed E-state index contributed by atoms with van der Waals surface area (Å²) in [5.41, 5.74) is 3.24. The van der Waals surface area contributed by atoms with Crippen LogP contribution in [0.4, 0.5) is 0 Å². The summed E-state index contributed by atoms with van der Waals surface area (Å²) < 4.78 is 30.4. The van der Waals surface area contributed by atoms with Gasteiger partial charge in [0.05, 0.1) is 6.61 Å². The van der Waals surface area contributed by atoms with Crippen LogP contribution < -0.4 is 15.9 Å². The molecular weight excluding hydrogens is 450 g/mol. The Balaban J connectivity index is 1.72. The normalized spacial score (nSPS) is 14.5. The molecule has 11 heteroatoms. The Morgan fingerprint density at radius 3 is 2.55 bits per heavy atom. The van der Waals surface area contributed by atoms with Crippen molar-refractivity contribution in [2.75, 3.05) is 19.5 Å². The van der Waals surface area contributed by atoms with Gasteiger partial charge in [0.1, 0.15) is 12.4 Å². The van der Waals surface area contributed by atoms with Gasteiger partial charge in [0.2, 0.25) is 0 Å². The highest BCUT2D eigenvalue weighted by Crippen LogP contribution is 2.23. The van der Waals surface area contributed by atoms with Crippen LogP contribution in [0, 0.1) is 11.8 Å². The zero-order valence-corrected chi connectivity index (χ0v) is 19.1. The molecular formula is C22H25N3O7S. The van der Waals surface area contributed by atoms with Crippen LogP contribution in [0.3, 0.4) is 0 Å². The number of aliphatic hydroxyl groups excluding tert-OH is 1. The number of nitrogens with one attached hydrogen (secondary N) is 1. The molecule has 1 aromatic heterocycles. The number of allylic oxidation sites excluding steroid dienone is 1. The maximum absolute atomic E-state index is 12.7. The number of imidazole rings is 1. The topological polar surface area (TPSA) is 140 Å². The van der Waals surface area contributed by atoms with Crippen molar-refractivity contribution in [2.45, 2.75) is 31.1 Å². The molecule has 176 valence electrons. The number of aliphatic hydroxyl groups is 1. The first-order chi connectivity index (χ1) is 15.6. The largest absolute Gasteiger partial charge is 0.491 e. The summed E-state index contributed by atoms with van der Waals surface area (Å²) in [5.74, 6) is 5.66. The number of hydrogen-bond donors (Lipinski definition) is 3. The van der Waals surface area contributed by atoms with E-state index >= 15 is 0 Å². The molecule has 1 aromatic carbocycles. The number of ether oxygens (including phenoxy) is 1. The maximum atomic E-state index is 12.7. The molecule has 0 unspecified atom stereocenters. The Labute approximate surface area is 191 Å². The highest BCUT2D eigenvalue weighted by Gasteiger charge is 2.43. The number of aromatic nitrogens is 2.